The maximum absolute atomic E-state index is 13.6. The number of nitrogens with one attached hydrogen (secondary N) is 2. The van der Waals surface area contributed by atoms with Gasteiger partial charge in [-0.2, -0.15) is 0 Å². The van der Waals surface area contributed by atoms with Crippen LogP contribution in [0, 0.1) is 5.92 Å². The lowest BCUT2D eigenvalue weighted by Gasteiger charge is -2.42. The van der Waals surface area contributed by atoms with E-state index in [4.69, 9.17) is 18.6 Å². The lowest BCUT2D eigenvalue weighted by atomic mass is 9.99. The topological polar surface area (TPSA) is 95.1 Å². The lowest BCUT2D eigenvalue weighted by Crippen LogP contribution is -2.59. The first-order valence-electron chi connectivity index (χ1n) is 13.4. The van der Waals surface area contributed by atoms with E-state index in [0.29, 0.717) is 18.9 Å². The minimum Gasteiger partial charge on any atom is -0.408 e. The molecule has 1 unspecified atom stereocenters. The molecule has 0 spiro atoms. The number of amides is 2. The van der Waals surface area contributed by atoms with Gasteiger partial charge in [-0.15, -0.1) is 0 Å². The molecule has 0 aromatic heterocycles. The molecule has 0 radical (unpaired) electrons. The van der Waals surface area contributed by atoms with Gasteiger partial charge < -0.3 is 29.3 Å². The second-order valence-electron chi connectivity index (χ2n) is 12.2. The lowest BCUT2D eigenvalue weighted by molar-refractivity contribution is -0.167. The zero-order chi connectivity index (χ0) is 27.3. The molecule has 36 heavy (non-hydrogen) atoms. The third kappa shape index (κ3) is 8.12. The van der Waals surface area contributed by atoms with E-state index >= 15 is 0 Å². The number of hydrogen-bond donors (Lipinski definition) is 2. The Balaban J connectivity index is 2.43. The van der Waals surface area contributed by atoms with Gasteiger partial charge in [-0.05, 0) is 57.2 Å². The highest BCUT2D eigenvalue weighted by Crippen LogP contribution is 2.41. The Morgan fingerprint density at radius 1 is 1.28 bits per heavy atom. The maximum Gasteiger partial charge on any atom is 0.252 e. The van der Waals surface area contributed by atoms with Gasteiger partial charge in [0.1, 0.15) is 24.4 Å². The second-order valence-corrected chi connectivity index (χ2v) is 16.9. The summed E-state index contributed by atoms with van der Waals surface area (Å²) in [6.45, 7) is 19.4. The number of rotatable bonds is 10. The predicted molar refractivity (Wildman–Crippen MR) is 144 cm³/mol. The molecule has 8 nitrogen and oxygen atoms in total. The summed E-state index contributed by atoms with van der Waals surface area (Å²) in [6, 6.07) is -0.593. The molecule has 0 aromatic carbocycles. The van der Waals surface area contributed by atoms with Crippen molar-refractivity contribution in [3.63, 3.8) is 0 Å². The van der Waals surface area contributed by atoms with Crippen LogP contribution in [0.15, 0.2) is 12.2 Å². The van der Waals surface area contributed by atoms with Gasteiger partial charge in [-0.25, -0.2) is 0 Å². The van der Waals surface area contributed by atoms with Crippen molar-refractivity contribution in [1.29, 1.82) is 0 Å². The quantitative estimate of drug-likeness (QED) is 0.326. The maximum atomic E-state index is 13.6. The van der Waals surface area contributed by atoms with Gasteiger partial charge >= 0.3 is 0 Å². The zero-order valence-corrected chi connectivity index (χ0v) is 25.1. The summed E-state index contributed by atoms with van der Waals surface area (Å²) in [6.07, 6.45) is 4.85. The summed E-state index contributed by atoms with van der Waals surface area (Å²) in [5.74, 6) is -0.997. The Morgan fingerprint density at radius 2 is 1.94 bits per heavy atom. The van der Waals surface area contributed by atoms with E-state index in [1.165, 1.54) is 7.11 Å². The zero-order valence-electron chi connectivity index (χ0n) is 24.1. The summed E-state index contributed by atoms with van der Waals surface area (Å²) in [5, 5.41) is 5.71. The largest absolute Gasteiger partial charge is 0.408 e. The van der Waals surface area contributed by atoms with E-state index in [1.807, 2.05) is 19.9 Å². The smallest absolute Gasteiger partial charge is 0.252 e. The van der Waals surface area contributed by atoms with Gasteiger partial charge in [0.25, 0.3) is 5.91 Å². The summed E-state index contributed by atoms with van der Waals surface area (Å²) in [5.41, 5.74) is 0. The van der Waals surface area contributed by atoms with Crippen LogP contribution in [-0.2, 0) is 28.2 Å². The average Bonchev–Trinajstić information content (AvgIpc) is 2.94. The van der Waals surface area contributed by atoms with E-state index in [-0.39, 0.29) is 16.9 Å². The van der Waals surface area contributed by atoms with Gasteiger partial charge in [0.2, 0.25) is 5.91 Å². The summed E-state index contributed by atoms with van der Waals surface area (Å²) < 4.78 is 25.3. The minimum atomic E-state index is -2.36. The summed E-state index contributed by atoms with van der Waals surface area (Å²) in [4.78, 5) is 26.1. The molecule has 2 aliphatic rings. The third-order valence-electron chi connectivity index (χ3n) is 7.66. The van der Waals surface area contributed by atoms with E-state index in [2.05, 4.69) is 64.4 Å². The van der Waals surface area contributed by atoms with Crippen LogP contribution in [0.25, 0.3) is 0 Å². The van der Waals surface area contributed by atoms with Crippen molar-refractivity contribution in [3.05, 3.63) is 12.2 Å². The Kier molecular flexibility index (Phi) is 10.8. The molecule has 0 aliphatic carbocycles. The predicted octanol–water partition coefficient (Wildman–Crippen LogP) is 4.30. The van der Waals surface area contributed by atoms with E-state index in [1.54, 1.807) is 0 Å². The molecule has 208 valence electrons. The molecular formula is C27H50N2O6Si. The van der Waals surface area contributed by atoms with E-state index in [9.17, 15) is 9.59 Å². The van der Waals surface area contributed by atoms with Gasteiger partial charge in [0, 0.05) is 13.7 Å². The fourth-order valence-corrected chi connectivity index (χ4v) is 5.49. The Hall–Kier alpha value is -1.26. The summed E-state index contributed by atoms with van der Waals surface area (Å²) >= 11 is 0. The molecule has 2 rings (SSSR count). The molecule has 2 heterocycles. The van der Waals surface area contributed by atoms with Gasteiger partial charge in [0.05, 0.1) is 0 Å². The number of ether oxygens (including phenoxy) is 3. The van der Waals surface area contributed by atoms with Crippen LogP contribution in [0.1, 0.15) is 74.1 Å². The normalized spacial score (nSPS) is 27.8. The fraction of sp³-hybridized carbons (Fsp3) is 0.852. The van der Waals surface area contributed by atoms with E-state index < -0.39 is 44.6 Å². The van der Waals surface area contributed by atoms with Crippen molar-refractivity contribution in [1.82, 2.24) is 10.6 Å². The number of carbonyl (C=O) groups excluding carboxylic acids is 2. The number of hydrogen-bond acceptors (Lipinski definition) is 6. The molecule has 0 bridgehead atoms. The van der Waals surface area contributed by atoms with Crippen molar-refractivity contribution >= 4 is 20.1 Å². The number of allylic oxidation sites excluding steroid dienone is 1. The third-order valence-corrected chi connectivity index (χ3v) is 12.1. The van der Waals surface area contributed by atoms with Crippen LogP contribution < -0.4 is 10.6 Å². The van der Waals surface area contributed by atoms with Crippen LogP contribution in [0.3, 0.4) is 0 Å². The molecular weight excluding hydrogens is 476 g/mol. The highest BCUT2D eigenvalue weighted by molar-refractivity contribution is 6.74. The van der Waals surface area contributed by atoms with Gasteiger partial charge in [-0.3, -0.25) is 9.59 Å². The highest BCUT2D eigenvalue weighted by Gasteiger charge is 2.52. The van der Waals surface area contributed by atoms with Crippen LogP contribution in [0.5, 0.6) is 0 Å². The molecule has 0 aromatic rings. The summed E-state index contributed by atoms with van der Waals surface area (Å²) in [7, 11) is -0.856. The van der Waals surface area contributed by atoms with Crippen molar-refractivity contribution in [2.24, 2.45) is 5.92 Å². The van der Waals surface area contributed by atoms with Crippen molar-refractivity contribution < 1.29 is 28.2 Å². The average molecular weight is 527 g/mol. The molecule has 2 aliphatic heterocycles. The monoisotopic (exact) mass is 526 g/mol. The molecule has 9 heteroatoms. The Bertz CT molecular complexity index is 779. The number of methoxy groups -OCH3 is 1. The second kappa shape index (κ2) is 12.5. The molecule has 2 N–H and O–H groups in total. The fourth-order valence-electron chi connectivity index (χ4n) is 4.19. The highest BCUT2D eigenvalue weighted by atomic mass is 28.4. The first-order valence-corrected chi connectivity index (χ1v) is 16.4. The van der Waals surface area contributed by atoms with Gasteiger partial charge in [0.15, 0.2) is 20.2 Å². The van der Waals surface area contributed by atoms with Crippen molar-refractivity contribution in [3.8, 4) is 0 Å². The van der Waals surface area contributed by atoms with Crippen LogP contribution in [0.4, 0.5) is 0 Å². The Morgan fingerprint density at radius 3 is 2.53 bits per heavy atom. The molecule has 2 saturated heterocycles. The Labute approximate surface area is 219 Å². The van der Waals surface area contributed by atoms with Crippen LogP contribution >= 0.6 is 0 Å². The van der Waals surface area contributed by atoms with E-state index in [0.717, 1.165) is 19.3 Å². The molecule has 0 saturated carbocycles. The molecule has 2 amide bonds. The molecule has 2 fully saturated rings. The first-order chi connectivity index (χ1) is 16.6. The minimum absolute atomic E-state index is 0.0990. The number of carbonyl (C=O) groups is 2. The molecule has 6 atom stereocenters. The SMILES string of the molecule is CCC(C)/C=C/[C@H]1OC(C)(C)O[C@@H]1[C@@H](O[Si](C)(C)C(C)(C)C)[C@@H](OC)C(=O)N[C@H]1CCCCNC1=O. The van der Waals surface area contributed by atoms with Crippen LogP contribution in [-0.4, -0.2) is 70.0 Å². The van der Waals surface area contributed by atoms with Crippen LogP contribution in [0.2, 0.25) is 18.1 Å². The van der Waals surface area contributed by atoms with Crippen molar-refractivity contribution in [2.45, 2.75) is 129 Å². The van der Waals surface area contributed by atoms with Gasteiger partial charge in [-0.1, -0.05) is 53.2 Å². The van der Waals surface area contributed by atoms with Crippen molar-refractivity contribution in [2.75, 3.05) is 13.7 Å². The first kappa shape index (κ1) is 31.0. The standard InChI is InChI=1S/C27H50N2O6Si/c1-11-18(2)15-16-20-21(34-27(6,7)33-20)22(35-36(9,10)26(3,4)5)23(32-8)25(31)29-19-14-12-13-17-28-24(19)30/h15-16,18-23H,11-14,17H2,1-10H3,(H,28,30)(H,29,31)/b16-15+/t18?,19-,20+,21-,22+,23+/m0/s1.